The molecule has 2 saturated heterocycles. The van der Waals surface area contributed by atoms with Crippen LogP contribution in [-0.2, 0) is 10.2 Å². The molecule has 1 aromatic carbocycles. The number of fused-ring (bicyclic) bond motifs is 1. The molecule has 3 aliphatic rings. The Morgan fingerprint density at radius 2 is 1.81 bits per heavy atom. The van der Waals surface area contributed by atoms with E-state index in [1.165, 1.54) is 26.2 Å². The number of anilines is 1. The van der Waals surface area contributed by atoms with E-state index in [9.17, 15) is 22.9 Å². The summed E-state index contributed by atoms with van der Waals surface area (Å²) in [5.41, 5.74) is 2.70. The predicted octanol–water partition coefficient (Wildman–Crippen LogP) is 3.18. The number of piperidine rings is 1. The van der Waals surface area contributed by atoms with E-state index in [0.29, 0.717) is 17.4 Å². The van der Waals surface area contributed by atoms with E-state index in [1.54, 1.807) is 22.9 Å². The van der Waals surface area contributed by atoms with E-state index >= 15 is 0 Å². The van der Waals surface area contributed by atoms with Gasteiger partial charge in [0.05, 0.1) is 34.4 Å². The van der Waals surface area contributed by atoms with Crippen molar-refractivity contribution >= 4 is 32.8 Å². The number of aromatic nitrogens is 3. The van der Waals surface area contributed by atoms with Crippen molar-refractivity contribution in [3.8, 4) is 11.8 Å². The number of hydrogen-bond donors (Lipinski definition) is 1. The van der Waals surface area contributed by atoms with Gasteiger partial charge in [-0.3, -0.25) is 9.69 Å². The Labute approximate surface area is 245 Å². The Balaban J connectivity index is 1.43. The van der Waals surface area contributed by atoms with Gasteiger partial charge in [0.1, 0.15) is 11.5 Å². The quantitative estimate of drug-likeness (QED) is 0.442. The maximum atomic E-state index is 13.8. The molecule has 3 aromatic rings. The average Bonchev–Trinajstić information content (AvgIpc) is 3.57. The topological polar surface area (TPSA) is 127 Å². The van der Waals surface area contributed by atoms with Crippen LogP contribution < -0.4 is 9.62 Å². The number of likely N-dealkylation sites (tertiary alicyclic amines) is 1. The monoisotopic (exact) mass is 594 g/mol. The number of nitrogens with zero attached hydrogens (tertiary/aromatic N) is 7. The third-order valence-electron chi connectivity index (χ3n) is 8.87. The van der Waals surface area contributed by atoms with Crippen LogP contribution >= 0.6 is 0 Å². The molecule has 1 amide bonds. The molecule has 222 valence electrons. The first-order valence-electron chi connectivity index (χ1n) is 14.5. The van der Waals surface area contributed by atoms with Gasteiger partial charge in [-0.15, -0.1) is 0 Å². The number of pyridine rings is 1. The third kappa shape index (κ3) is 5.34. The second-order valence-corrected chi connectivity index (χ2v) is 13.6. The van der Waals surface area contributed by atoms with Gasteiger partial charge in [0.15, 0.2) is 5.65 Å². The summed E-state index contributed by atoms with van der Waals surface area (Å²) in [6.07, 6.45) is 5.81. The number of halogens is 1. The standard InChI is InChI=1S/C29H35FN8O3S/c1-35(2)42(40,41)34-29(39)24-16-25(36-14-11-22(12-15-36)37-13-10-19(17-31)18-37)26-27(20-4-3-5-20)33-38(28(26)32-24)23-8-6-21(30)7-9-23/h6-9,16,19-20,22H,3-5,10-15,18H2,1-2H3,(H,34,39). The fraction of sp³-hybridized carbons (Fsp3) is 0.517. The fourth-order valence-corrected chi connectivity index (χ4v) is 6.70. The van der Waals surface area contributed by atoms with Crippen LogP contribution in [-0.4, -0.2) is 84.6 Å². The second kappa shape index (κ2) is 11.2. The van der Waals surface area contributed by atoms with Crippen molar-refractivity contribution < 1.29 is 17.6 Å². The molecule has 13 heteroatoms. The molecule has 0 spiro atoms. The summed E-state index contributed by atoms with van der Waals surface area (Å²) in [6, 6.07) is 10.4. The van der Waals surface area contributed by atoms with Crippen molar-refractivity contribution in [1.29, 1.82) is 5.26 Å². The van der Waals surface area contributed by atoms with Crippen LogP contribution in [0.5, 0.6) is 0 Å². The van der Waals surface area contributed by atoms with E-state index in [2.05, 4.69) is 25.6 Å². The number of rotatable bonds is 7. The van der Waals surface area contributed by atoms with Gasteiger partial charge >= 0.3 is 10.2 Å². The van der Waals surface area contributed by atoms with E-state index in [1.807, 2.05) is 0 Å². The van der Waals surface area contributed by atoms with Crippen LogP contribution in [0.25, 0.3) is 16.7 Å². The summed E-state index contributed by atoms with van der Waals surface area (Å²) < 4.78 is 43.5. The second-order valence-electron chi connectivity index (χ2n) is 11.7. The van der Waals surface area contributed by atoms with Gasteiger partial charge in [0.25, 0.3) is 5.91 Å². The summed E-state index contributed by atoms with van der Waals surface area (Å²) in [5, 5.41) is 15.2. The molecule has 1 unspecified atom stereocenters. The van der Waals surface area contributed by atoms with Gasteiger partial charge in [-0.2, -0.15) is 23.1 Å². The van der Waals surface area contributed by atoms with Gasteiger partial charge in [-0.1, -0.05) is 6.42 Å². The minimum atomic E-state index is -4.04. The van der Waals surface area contributed by atoms with E-state index in [-0.39, 0.29) is 23.3 Å². The highest BCUT2D eigenvalue weighted by atomic mass is 32.2. The van der Waals surface area contributed by atoms with Crippen LogP contribution in [0, 0.1) is 23.1 Å². The summed E-state index contributed by atoms with van der Waals surface area (Å²) in [6.45, 7) is 3.21. The Bertz CT molecular complexity index is 1640. The maximum Gasteiger partial charge on any atom is 0.303 e. The molecule has 1 saturated carbocycles. The molecule has 0 bridgehead atoms. The van der Waals surface area contributed by atoms with Gasteiger partial charge in [-0.05, 0) is 69.0 Å². The smallest absolute Gasteiger partial charge is 0.303 e. The number of benzene rings is 1. The minimum absolute atomic E-state index is 0.0372. The summed E-state index contributed by atoms with van der Waals surface area (Å²) in [5.74, 6) is -0.879. The van der Waals surface area contributed by atoms with Crippen molar-refractivity contribution in [3.63, 3.8) is 0 Å². The Hall–Kier alpha value is -3.60. The lowest BCUT2D eigenvalue weighted by Gasteiger charge is -2.38. The van der Waals surface area contributed by atoms with Crippen LogP contribution in [0.2, 0.25) is 0 Å². The van der Waals surface area contributed by atoms with Crippen molar-refractivity contribution in [3.05, 3.63) is 47.5 Å². The lowest BCUT2D eigenvalue weighted by molar-refractivity contribution is 0.0975. The molecule has 6 rings (SSSR count). The first kappa shape index (κ1) is 28.5. The molecule has 2 aliphatic heterocycles. The van der Waals surface area contributed by atoms with Crippen molar-refractivity contribution in [2.45, 2.75) is 50.5 Å². The number of nitriles is 1. The van der Waals surface area contributed by atoms with Crippen molar-refractivity contribution in [2.24, 2.45) is 5.92 Å². The van der Waals surface area contributed by atoms with Crippen LogP contribution in [0.3, 0.4) is 0 Å². The van der Waals surface area contributed by atoms with E-state index in [0.717, 1.165) is 85.8 Å². The molecule has 1 aliphatic carbocycles. The zero-order valence-corrected chi connectivity index (χ0v) is 24.6. The number of hydrogen-bond acceptors (Lipinski definition) is 8. The highest BCUT2D eigenvalue weighted by Crippen LogP contribution is 2.43. The SMILES string of the molecule is CN(C)S(=O)(=O)NC(=O)c1cc(N2CCC(N3CCC(C#N)C3)CC2)c2c(C3CCC3)nn(-c3ccc(F)cc3)c2n1. The van der Waals surface area contributed by atoms with Gasteiger partial charge in [-0.25, -0.2) is 18.8 Å². The molecule has 4 heterocycles. The number of carbonyl (C=O) groups excluding carboxylic acids is 1. The summed E-state index contributed by atoms with van der Waals surface area (Å²) in [4.78, 5) is 22.7. The average molecular weight is 595 g/mol. The molecular weight excluding hydrogens is 559 g/mol. The Kier molecular flexibility index (Phi) is 7.63. The lowest BCUT2D eigenvalue weighted by Crippen LogP contribution is -2.44. The number of amides is 1. The summed E-state index contributed by atoms with van der Waals surface area (Å²) >= 11 is 0. The first-order chi connectivity index (χ1) is 20.1. The van der Waals surface area contributed by atoms with E-state index in [4.69, 9.17) is 5.10 Å². The van der Waals surface area contributed by atoms with Crippen LogP contribution in [0.4, 0.5) is 10.1 Å². The molecular formula is C29H35FN8O3S. The fourth-order valence-electron chi connectivity index (χ4n) is 6.18. The summed E-state index contributed by atoms with van der Waals surface area (Å²) in [7, 11) is -1.36. The largest absolute Gasteiger partial charge is 0.371 e. The van der Waals surface area contributed by atoms with E-state index < -0.39 is 16.1 Å². The van der Waals surface area contributed by atoms with Gasteiger partial charge < -0.3 is 4.90 Å². The van der Waals surface area contributed by atoms with Gasteiger partial charge in [0.2, 0.25) is 0 Å². The first-order valence-corrected chi connectivity index (χ1v) is 15.9. The van der Waals surface area contributed by atoms with Crippen LogP contribution in [0.15, 0.2) is 30.3 Å². The Morgan fingerprint density at radius 3 is 2.40 bits per heavy atom. The van der Waals surface area contributed by atoms with Crippen molar-refractivity contribution in [1.82, 2.24) is 28.7 Å². The molecule has 1 atom stereocenters. The van der Waals surface area contributed by atoms with Crippen molar-refractivity contribution in [2.75, 3.05) is 45.2 Å². The Morgan fingerprint density at radius 1 is 1.10 bits per heavy atom. The number of carbonyl (C=O) groups is 1. The molecule has 11 nitrogen and oxygen atoms in total. The minimum Gasteiger partial charge on any atom is -0.371 e. The molecule has 42 heavy (non-hydrogen) atoms. The zero-order valence-electron chi connectivity index (χ0n) is 23.8. The zero-order chi connectivity index (χ0) is 29.6. The molecule has 3 fully saturated rings. The normalized spacial score (nSPS) is 20.6. The maximum absolute atomic E-state index is 13.8. The highest BCUT2D eigenvalue weighted by Gasteiger charge is 2.34. The number of nitrogens with one attached hydrogen (secondary N) is 1. The molecule has 0 radical (unpaired) electrons. The van der Waals surface area contributed by atoms with Gasteiger partial charge in [0, 0.05) is 45.7 Å². The molecule has 1 N–H and O–H groups in total. The highest BCUT2D eigenvalue weighted by molar-refractivity contribution is 7.87. The molecule has 2 aromatic heterocycles. The predicted molar refractivity (Wildman–Crippen MR) is 156 cm³/mol. The lowest BCUT2D eigenvalue weighted by atomic mass is 9.82. The third-order valence-corrected chi connectivity index (χ3v) is 10.3. The van der Waals surface area contributed by atoms with Crippen LogP contribution in [0.1, 0.15) is 60.6 Å².